The molecule has 4 unspecified atom stereocenters. The summed E-state index contributed by atoms with van der Waals surface area (Å²) in [7, 11) is 0. The monoisotopic (exact) mass is 531 g/mol. The van der Waals surface area contributed by atoms with Crippen molar-refractivity contribution in [1.82, 2.24) is 10.2 Å². The number of carbonyl (C=O) groups excluding carboxylic acids is 3. The Morgan fingerprint density at radius 2 is 1.71 bits per heavy atom. The van der Waals surface area contributed by atoms with Gasteiger partial charge in [0.05, 0.1) is 18.4 Å². The Labute approximate surface area is 222 Å². The zero-order chi connectivity index (χ0) is 26.2. The number of benzene rings is 3. The maximum atomic E-state index is 14.0. The predicted octanol–water partition coefficient (Wildman–Crippen LogP) is 2.94. The summed E-state index contributed by atoms with van der Waals surface area (Å²) in [6.45, 7) is 0.169. The molecule has 0 aromatic heterocycles. The second kappa shape index (κ2) is 8.21. The van der Waals surface area contributed by atoms with E-state index in [-0.39, 0.29) is 30.9 Å². The van der Waals surface area contributed by atoms with Crippen LogP contribution in [-0.2, 0) is 32.9 Å². The quantitative estimate of drug-likeness (QED) is 0.443. The number of fused-ring (bicyclic) bond motifs is 5. The Morgan fingerprint density at radius 3 is 2.53 bits per heavy atom. The third kappa shape index (κ3) is 3.25. The van der Waals surface area contributed by atoms with E-state index in [0.717, 1.165) is 5.56 Å². The molecule has 9 nitrogen and oxygen atoms in total. The van der Waals surface area contributed by atoms with E-state index in [4.69, 9.17) is 21.1 Å². The van der Waals surface area contributed by atoms with E-state index >= 15 is 0 Å². The Bertz CT molecular complexity index is 1530. The average molecular weight is 532 g/mol. The van der Waals surface area contributed by atoms with Gasteiger partial charge in [0.15, 0.2) is 11.5 Å². The highest BCUT2D eigenvalue weighted by atomic mass is 35.5. The van der Waals surface area contributed by atoms with Gasteiger partial charge in [0.2, 0.25) is 24.5 Å². The molecule has 0 aliphatic carbocycles. The van der Waals surface area contributed by atoms with Crippen molar-refractivity contribution >= 4 is 35.0 Å². The van der Waals surface area contributed by atoms with Crippen molar-refractivity contribution in [1.29, 1.82) is 0 Å². The minimum atomic E-state index is -1.44. The predicted molar refractivity (Wildman–Crippen MR) is 136 cm³/mol. The smallest absolute Gasteiger partial charge is 0.250 e. The zero-order valence-electron chi connectivity index (χ0n) is 19.9. The van der Waals surface area contributed by atoms with E-state index < -0.39 is 29.3 Å². The molecular weight excluding hydrogens is 510 g/mol. The molecule has 192 valence electrons. The fourth-order valence-electron chi connectivity index (χ4n) is 6.27. The van der Waals surface area contributed by atoms with E-state index in [2.05, 4.69) is 10.6 Å². The minimum absolute atomic E-state index is 0.0489. The molecule has 2 fully saturated rings. The van der Waals surface area contributed by atoms with Gasteiger partial charge in [-0.05, 0) is 60.0 Å². The molecule has 3 amide bonds. The van der Waals surface area contributed by atoms with Gasteiger partial charge < -0.3 is 19.9 Å². The lowest BCUT2D eigenvalue weighted by atomic mass is 9.76. The molecule has 0 saturated carbocycles. The number of phenolic OH excluding ortho intramolecular Hbond substituents is 1. The van der Waals surface area contributed by atoms with E-state index in [1.165, 1.54) is 4.90 Å². The normalized spacial score (nSPS) is 26.7. The minimum Gasteiger partial charge on any atom is -0.508 e. The highest BCUT2D eigenvalue weighted by Crippen LogP contribution is 2.54. The number of imide groups is 1. The summed E-state index contributed by atoms with van der Waals surface area (Å²) >= 11 is 6.33. The van der Waals surface area contributed by atoms with Gasteiger partial charge in [-0.15, -0.1) is 0 Å². The van der Waals surface area contributed by atoms with Crippen LogP contribution in [0.1, 0.15) is 16.7 Å². The van der Waals surface area contributed by atoms with Crippen LogP contribution < -0.4 is 20.1 Å². The van der Waals surface area contributed by atoms with Crippen LogP contribution in [0.5, 0.6) is 17.2 Å². The molecule has 0 bridgehead atoms. The van der Waals surface area contributed by atoms with E-state index in [1.807, 2.05) is 0 Å². The summed E-state index contributed by atoms with van der Waals surface area (Å²) in [5.41, 5.74) is 1.25. The molecule has 10 heteroatoms. The number of nitrogens with one attached hydrogen (secondary N) is 2. The zero-order valence-corrected chi connectivity index (χ0v) is 20.7. The largest absolute Gasteiger partial charge is 0.508 e. The molecule has 3 aromatic rings. The summed E-state index contributed by atoms with van der Waals surface area (Å²) in [6, 6.07) is 16.5. The lowest BCUT2D eigenvalue weighted by Crippen LogP contribution is -2.53. The first-order chi connectivity index (χ1) is 18.3. The van der Waals surface area contributed by atoms with Crippen molar-refractivity contribution in [2.75, 3.05) is 12.1 Å². The third-order valence-electron chi connectivity index (χ3n) is 7.94. The lowest BCUT2D eigenvalue weighted by Gasteiger charge is -2.29. The van der Waals surface area contributed by atoms with Gasteiger partial charge in [0.25, 0.3) is 0 Å². The second-order valence-corrected chi connectivity index (χ2v) is 10.5. The summed E-state index contributed by atoms with van der Waals surface area (Å²) in [5.74, 6) is -1.57. The number of halogens is 1. The highest BCUT2D eigenvalue weighted by molar-refractivity contribution is 6.31. The molecule has 1 spiro atoms. The molecular formula is C28H22ClN3O6. The third-order valence-corrected chi connectivity index (χ3v) is 8.17. The van der Waals surface area contributed by atoms with Gasteiger partial charge in [-0.2, -0.15) is 0 Å². The Morgan fingerprint density at radius 1 is 0.947 bits per heavy atom. The van der Waals surface area contributed by atoms with E-state index in [1.54, 1.807) is 60.7 Å². The number of likely N-dealkylation sites (tertiary alicyclic amines) is 1. The number of amides is 3. The van der Waals surface area contributed by atoms with Crippen molar-refractivity contribution in [3.05, 3.63) is 82.4 Å². The SMILES string of the molecule is O=C1C2C(Cc3ccc(O)cc3)NC3(C(=O)Nc4ccc(Cl)cc43)C2C(=O)N1Cc1ccc2c(c1)OCO2. The van der Waals surface area contributed by atoms with Crippen molar-refractivity contribution in [2.45, 2.75) is 24.5 Å². The standard InChI is InChI=1S/C28H22ClN3O6/c29-16-4-7-19-18(11-16)28(27(36)30-19)24-23(20(31-28)9-14-1-5-17(33)6-2-14)25(34)32(26(24)35)12-15-3-8-21-22(10-15)38-13-37-21/h1-8,10-11,20,23-24,31,33H,9,12-13H2,(H,30,36). The molecule has 4 heterocycles. The van der Waals surface area contributed by atoms with Gasteiger partial charge in [-0.1, -0.05) is 29.8 Å². The number of carbonyl (C=O) groups is 3. The number of nitrogens with zero attached hydrogens (tertiary/aromatic N) is 1. The van der Waals surface area contributed by atoms with Crippen molar-refractivity contribution in [3.8, 4) is 17.2 Å². The Kier molecular flexibility index (Phi) is 4.98. The molecule has 38 heavy (non-hydrogen) atoms. The molecule has 4 aliphatic rings. The van der Waals surface area contributed by atoms with Crippen LogP contribution in [0.15, 0.2) is 60.7 Å². The second-order valence-electron chi connectivity index (χ2n) is 10.0. The number of hydrogen-bond donors (Lipinski definition) is 3. The molecule has 4 atom stereocenters. The number of phenols is 1. The number of hydrogen-bond acceptors (Lipinski definition) is 7. The first kappa shape index (κ1) is 23.1. The Hall–Kier alpha value is -4.08. The lowest BCUT2D eigenvalue weighted by molar-refractivity contribution is -0.143. The van der Waals surface area contributed by atoms with Crippen LogP contribution in [0.3, 0.4) is 0 Å². The fraction of sp³-hybridized carbons (Fsp3) is 0.250. The van der Waals surface area contributed by atoms with E-state index in [9.17, 15) is 19.5 Å². The summed E-state index contributed by atoms with van der Waals surface area (Å²) in [5, 5.41) is 16.4. The number of aromatic hydroxyl groups is 1. The molecule has 4 aliphatic heterocycles. The van der Waals surface area contributed by atoms with Crippen LogP contribution in [0, 0.1) is 11.8 Å². The van der Waals surface area contributed by atoms with E-state index in [0.29, 0.717) is 39.8 Å². The van der Waals surface area contributed by atoms with Crippen molar-refractivity contribution in [3.63, 3.8) is 0 Å². The Balaban J connectivity index is 1.30. The summed E-state index contributed by atoms with van der Waals surface area (Å²) < 4.78 is 10.8. The van der Waals surface area contributed by atoms with Gasteiger partial charge in [-0.3, -0.25) is 24.6 Å². The average Bonchev–Trinajstić information content (AvgIpc) is 3.63. The summed E-state index contributed by atoms with van der Waals surface area (Å²) in [6.07, 6.45) is 0.378. The van der Waals surface area contributed by atoms with Crippen LogP contribution in [0.4, 0.5) is 5.69 Å². The van der Waals surface area contributed by atoms with Gasteiger partial charge in [0, 0.05) is 22.3 Å². The van der Waals surface area contributed by atoms with Gasteiger partial charge >= 0.3 is 0 Å². The number of anilines is 1. The molecule has 2 saturated heterocycles. The molecule has 0 radical (unpaired) electrons. The molecule has 3 N–H and O–H groups in total. The van der Waals surface area contributed by atoms with Crippen LogP contribution in [0.2, 0.25) is 5.02 Å². The topological polar surface area (TPSA) is 117 Å². The van der Waals surface area contributed by atoms with Crippen LogP contribution in [0.25, 0.3) is 0 Å². The van der Waals surface area contributed by atoms with Crippen molar-refractivity contribution < 1.29 is 29.0 Å². The van der Waals surface area contributed by atoms with Crippen LogP contribution in [-0.4, -0.2) is 40.6 Å². The fourth-order valence-corrected chi connectivity index (χ4v) is 6.44. The number of ether oxygens (including phenoxy) is 2. The van der Waals surface area contributed by atoms with Gasteiger partial charge in [0.1, 0.15) is 11.3 Å². The molecule has 7 rings (SSSR count). The first-order valence-electron chi connectivity index (χ1n) is 12.3. The first-order valence-corrected chi connectivity index (χ1v) is 12.6. The highest BCUT2D eigenvalue weighted by Gasteiger charge is 2.70. The number of rotatable bonds is 4. The van der Waals surface area contributed by atoms with Crippen molar-refractivity contribution in [2.24, 2.45) is 11.8 Å². The molecule has 3 aromatic carbocycles. The summed E-state index contributed by atoms with van der Waals surface area (Å²) in [4.78, 5) is 42.8. The maximum absolute atomic E-state index is 14.0. The van der Waals surface area contributed by atoms with Crippen LogP contribution >= 0.6 is 11.6 Å². The van der Waals surface area contributed by atoms with Gasteiger partial charge in [-0.25, -0.2) is 0 Å². The maximum Gasteiger partial charge on any atom is 0.250 e.